The molecule has 28 heavy (non-hydrogen) atoms. The molecule has 142 valence electrons. The summed E-state index contributed by atoms with van der Waals surface area (Å²) in [6.07, 6.45) is 0. The molecule has 9 heteroatoms. The number of hydrogen-bond acceptors (Lipinski definition) is 5. The largest absolute Gasteiger partial charge is 0.377 e. The Kier molecular flexibility index (Phi) is 4.71. The van der Waals surface area contributed by atoms with Crippen LogP contribution in [0.1, 0.15) is 11.3 Å². The van der Waals surface area contributed by atoms with E-state index in [1.165, 1.54) is 28.8 Å². The van der Waals surface area contributed by atoms with Crippen LogP contribution in [0.2, 0.25) is 0 Å². The normalized spacial score (nSPS) is 10.9. The third-order valence-electron chi connectivity index (χ3n) is 4.09. The zero-order valence-corrected chi connectivity index (χ0v) is 14.6. The second kappa shape index (κ2) is 7.47. The number of para-hydroxylation sites is 1. The molecule has 0 aliphatic rings. The van der Waals surface area contributed by atoms with Crippen LogP contribution in [0.5, 0.6) is 0 Å². The van der Waals surface area contributed by atoms with Gasteiger partial charge < -0.3 is 10.6 Å². The Morgan fingerprint density at radius 2 is 1.75 bits per heavy atom. The Morgan fingerprint density at radius 3 is 2.54 bits per heavy atom. The van der Waals surface area contributed by atoms with Crippen LogP contribution in [-0.2, 0) is 13.1 Å². The van der Waals surface area contributed by atoms with Crippen molar-refractivity contribution in [1.29, 1.82) is 0 Å². The number of nitrogens with zero attached hydrogens (tertiary/aromatic N) is 3. The smallest absolute Gasteiger partial charge is 0.274 e. The van der Waals surface area contributed by atoms with E-state index in [1.54, 1.807) is 30.3 Å². The fourth-order valence-corrected chi connectivity index (χ4v) is 2.68. The molecule has 0 atom stereocenters. The van der Waals surface area contributed by atoms with E-state index in [0.29, 0.717) is 23.9 Å². The summed E-state index contributed by atoms with van der Waals surface area (Å²) in [5, 5.41) is 8.76. The lowest BCUT2D eigenvalue weighted by atomic mass is 10.2. The lowest BCUT2D eigenvalue weighted by molar-refractivity contribution is 0.627. The molecule has 0 saturated carbocycles. The maximum atomic E-state index is 13.7. The molecular formula is C19H16F2N6O. The molecular weight excluding hydrogens is 366 g/mol. The number of aromatic nitrogens is 4. The summed E-state index contributed by atoms with van der Waals surface area (Å²) in [5.74, 6) is -0.139. The molecule has 0 fully saturated rings. The predicted octanol–water partition coefficient (Wildman–Crippen LogP) is 2.92. The van der Waals surface area contributed by atoms with Crippen molar-refractivity contribution in [3.8, 4) is 0 Å². The van der Waals surface area contributed by atoms with E-state index in [4.69, 9.17) is 0 Å². The lowest BCUT2D eigenvalue weighted by Crippen LogP contribution is -2.17. The van der Waals surface area contributed by atoms with E-state index in [0.717, 1.165) is 5.56 Å². The van der Waals surface area contributed by atoms with Gasteiger partial charge in [0.05, 0.1) is 17.9 Å². The number of benzene rings is 2. The van der Waals surface area contributed by atoms with E-state index in [9.17, 15) is 13.6 Å². The van der Waals surface area contributed by atoms with Crippen molar-refractivity contribution >= 4 is 17.4 Å². The molecule has 0 saturated heterocycles. The molecule has 3 N–H and O–H groups in total. The van der Waals surface area contributed by atoms with Crippen LogP contribution in [0.4, 0.5) is 20.4 Å². The number of anilines is 2. The van der Waals surface area contributed by atoms with Gasteiger partial charge in [0.2, 0.25) is 5.95 Å². The molecule has 2 aromatic heterocycles. The summed E-state index contributed by atoms with van der Waals surface area (Å²) in [4.78, 5) is 20.8. The highest BCUT2D eigenvalue weighted by Crippen LogP contribution is 2.13. The van der Waals surface area contributed by atoms with E-state index in [-0.39, 0.29) is 29.5 Å². The second-order valence-corrected chi connectivity index (χ2v) is 6.11. The molecule has 0 aliphatic carbocycles. The molecule has 4 aromatic rings. The molecule has 0 bridgehead atoms. The molecule has 0 spiro atoms. The van der Waals surface area contributed by atoms with Crippen molar-refractivity contribution in [2.45, 2.75) is 13.1 Å². The average Bonchev–Trinajstić information content (AvgIpc) is 3.11. The van der Waals surface area contributed by atoms with E-state index in [2.05, 4.69) is 25.7 Å². The number of aromatic amines is 1. The van der Waals surface area contributed by atoms with Gasteiger partial charge in [0, 0.05) is 12.6 Å². The molecule has 7 nitrogen and oxygen atoms in total. The fraction of sp³-hybridized carbons (Fsp3) is 0.105. The molecule has 0 amide bonds. The standard InChI is InChI=1S/C19H16F2N6O/c20-13-7-5-12(6-8-13)10-23-18-25-19-24-14(9-17(28)27(19)26-18)11-22-16-4-2-1-3-15(16)21/h1-9,22H,10-11H2,(H2,23,24,25,26). The summed E-state index contributed by atoms with van der Waals surface area (Å²) in [7, 11) is 0. The van der Waals surface area contributed by atoms with Crippen molar-refractivity contribution in [2.24, 2.45) is 0 Å². The van der Waals surface area contributed by atoms with Gasteiger partial charge >= 0.3 is 0 Å². The number of hydrogen-bond donors (Lipinski definition) is 3. The van der Waals surface area contributed by atoms with Crippen LogP contribution >= 0.6 is 0 Å². The van der Waals surface area contributed by atoms with Gasteiger partial charge in [-0.3, -0.25) is 9.89 Å². The molecule has 0 unspecified atom stereocenters. The molecule has 2 aromatic carbocycles. The molecule has 0 aliphatic heterocycles. The highest BCUT2D eigenvalue weighted by Gasteiger charge is 2.09. The Morgan fingerprint density at radius 1 is 0.964 bits per heavy atom. The highest BCUT2D eigenvalue weighted by atomic mass is 19.1. The number of H-pyrrole nitrogens is 1. The lowest BCUT2D eigenvalue weighted by Gasteiger charge is -2.06. The van der Waals surface area contributed by atoms with E-state index < -0.39 is 0 Å². The summed E-state index contributed by atoms with van der Waals surface area (Å²) in [5.41, 5.74) is 1.28. The molecule has 0 radical (unpaired) electrons. The fourth-order valence-electron chi connectivity index (χ4n) is 2.68. The number of nitrogens with one attached hydrogen (secondary N) is 3. The van der Waals surface area contributed by atoms with Crippen LogP contribution in [0.15, 0.2) is 59.4 Å². The number of halogens is 2. The summed E-state index contributed by atoms with van der Waals surface area (Å²) in [6, 6.07) is 13.7. The molecule has 2 heterocycles. The van der Waals surface area contributed by atoms with Gasteiger partial charge in [-0.2, -0.15) is 9.50 Å². The third kappa shape index (κ3) is 3.83. The zero-order valence-electron chi connectivity index (χ0n) is 14.6. The van der Waals surface area contributed by atoms with Crippen LogP contribution in [0, 0.1) is 11.6 Å². The maximum absolute atomic E-state index is 13.7. The Bertz CT molecular complexity index is 1170. The van der Waals surface area contributed by atoms with Crippen LogP contribution in [-0.4, -0.2) is 19.6 Å². The van der Waals surface area contributed by atoms with E-state index in [1.807, 2.05) is 0 Å². The van der Waals surface area contributed by atoms with Gasteiger partial charge in [0.25, 0.3) is 11.3 Å². The summed E-state index contributed by atoms with van der Waals surface area (Å²) < 4.78 is 27.8. The minimum Gasteiger partial charge on any atom is -0.377 e. The van der Waals surface area contributed by atoms with E-state index >= 15 is 0 Å². The monoisotopic (exact) mass is 382 g/mol. The predicted molar refractivity (Wildman–Crippen MR) is 101 cm³/mol. The third-order valence-corrected chi connectivity index (χ3v) is 4.09. The van der Waals surface area contributed by atoms with Crippen molar-refractivity contribution in [1.82, 2.24) is 19.6 Å². The summed E-state index contributed by atoms with van der Waals surface area (Å²) >= 11 is 0. The van der Waals surface area contributed by atoms with Gasteiger partial charge in [-0.1, -0.05) is 24.3 Å². The van der Waals surface area contributed by atoms with Gasteiger partial charge in [-0.25, -0.2) is 13.8 Å². The SMILES string of the molecule is O=c1cc(CNc2ccccc2F)nc2nc(NCc3ccc(F)cc3)[nH]n12. The van der Waals surface area contributed by atoms with Crippen molar-refractivity contribution in [2.75, 3.05) is 10.6 Å². The van der Waals surface area contributed by atoms with Gasteiger partial charge in [0.1, 0.15) is 11.6 Å². The maximum Gasteiger partial charge on any atom is 0.274 e. The van der Waals surface area contributed by atoms with Crippen molar-refractivity contribution in [3.63, 3.8) is 0 Å². The average molecular weight is 382 g/mol. The minimum absolute atomic E-state index is 0.178. The first-order chi connectivity index (χ1) is 13.6. The van der Waals surface area contributed by atoms with Crippen LogP contribution in [0.25, 0.3) is 5.78 Å². The minimum atomic E-state index is -0.382. The van der Waals surface area contributed by atoms with Crippen molar-refractivity contribution < 1.29 is 8.78 Å². The Balaban J connectivity index is 1.49. The number of fused-ring (bicyclic) bond motifs is 1. The van der Waals surface area contributed by atoms with Crippen LogP contribution < -0.4 is 16.2 Å². The first-order valence-electron chi connectivity index (χ1n) is 8.54. The zero-order chi connectivity index (χ0) is 19.5. The van der Waals surface area contributed by atoms with Gasteiger partial charge in [-0.05, 0) is 29.8 Å². The first kappa shape index (κ1) is 17.7. The quantitative estimate of drug-likeness (QED) is 0.477. The first-order valence-corrected chi connectivity index (χ1v) is 8.54. The second-order valence-electron chi connectivity index (χ2n) is 6.11. The van der Waals surface area contributed by atoms with Crippen molar-refractivity contribution in [3.05, 3.63) is 87.8 Å². The Hall–Kier alpha value is -3.75. The van der Waals surface area contributed by atoms with Gasteiger partial charge in [-0.15, -0.1) is 0 Å². The highest BCUT2D eigenvalue weighted by molar-refractivity contribution is 5.45. The molecule has 4 rings (SSSR count). The topological polar surface area (TPSA) is 87.1 Å². The Labute approximate surface area is 158 Å². The van der Waals surface area contributed by atoms with Gasteiger partial charge in [0.15, 0.2) is 0 Å². The van der Waals surface area contributed by atoms with Crippen LogP contribution in [0.3, 0.4) is 0 Å². The summed E-state index contributed by atoms with van der Waals surface area (Å²) in [6.45, 7) is 0.578. The number of rotatable bonds is 6.